The van der Waals surface area contributed by atoms with Crippen LogP contribution in [0.4, 0.5) is 0 Å². The molecule has 4 aromatic rings. The maximum atomic E-state index is 13.1. The minimum atomic E-state index is -0.419. The summed E-state index contributed by atoms with van der Waals surface area (Å²) < 4.78 is 8.37. The van der Waals surface area contributed by atoms with Gasteiger partial charge in [0.2, 0.25) is 11.2 Å². The smallest absolute Gasteiger partial charge is 0.332 e. The molecule has 0 aliphatic heterocycles. The number of fused-ring (bicyclic) bond motifs is 1. The van der Waals surface area contributed by atoms with Crippen molar-refractivity contribution in [1.29, 1.82) is 0 Å². The van der Waals surface area contributed by atoms with E-state index in [0.717, 1.165) is 44.3 Å². The van der Waals surface area contributed by atoms with Gasteiger partial charge in [0.15, 0.2) is 17.0 Å². The molecule has 1 fully saturated rings. The standard InChI is InChI=1S/C25H29ClN6O3/c1-2-3-15-31-20-19(28-23(26)29-20)21(33)32(24(31)34)16-9-12-18-27-22(30-35-18)25(13-7-8-14-25)17-10-5-4-6-11-17/h4-6,10-11H,2-3,7-9,12-16H2,1H3,(H,28,29). The van der Waals surface area contributed by atoms with Gasteiger partial charge in [-0.25, -0.2) is 4.79 Å². The Morgan fingerprint density at radius 3 is 2.54 bits per heavy atom. The Morgan fingerprint density at radius 1 is 1.06 bits per heavy atom. The largest absolute Gasteiger partial charge is 0.339 e. The SMILES string of the molecule is CCCCn1c(=O)n(CCCc2nc(C3(c4ccccc4)CCCC3)no2)c(=O)c2[nH]c(Cl)nc21. The van der Waals surface area contributed by atoms with E-state index >= 15 is 0 Å². The Bertz CT molecular complexity index is 1430. The Hall–Kier alpha value is -3.20. The molecule has 0 saturated heterocycles. The average molecular weight is 497 g/mol. The molecular weight excluding hydrogens is 468 g/mol. The van der Waals surface area contributed by atoms with Crippen molar-refractivity contribution in [2.75, 3.05) is 0 Å². The molecule has 0 atom stereocenters. The lowest BCUT2D eigenvalue weighted by Gasteiger charge is -2.25. The van der Waals surface area contributed by atoms with Crippen LogP contribution in [0.15, 0.2) is 44.4 Å². The van der Waals surface area contributed by atoms with Crippen LogP contribution in [-0.4, -0.2) is 29.2 Å². The molecule has 1 N–H and O–H groups in total. The lowest BCUT2D eigenvalue weighted by molar-refractivity contribution is 0.355. The Balaban J connectivity index is 1.36. The highest BCUT2D eigenvalue weighted by molar-refractivity contribution is 6.28. The van der Waals surface area contributed by atoms with Crippen molar-refractivity contribution in [3.63, 3.8) is 0 Å². The number of benzene rings is 1. The second kappa shape index (κ2) is 9.81. The summed E-state index contributed by atoms with van der Waals surface area (Å²) in [6, 6.07) is 10.4. The highest BCUT2D eigenvalue weighted by atomic mass is 35.5. The number of unbranched alkanes of at least 4 members (excludes halogenated alkanes) is 1. The molecule has 0 bridgehead atoms. The van der Waals surface area contributed by atoms with Gasteiger partial charge in [-0.15, -0.1) is 0 Å². The fraction of sp³-hybridized carbons (Fsp3) is 0.480. The number of H-pyrrole nitrogens is 1. The molecule has 1 aliphatic carbocycles. The minimum absolute atomic E-state index is 0.0946. The first-order valence-electron chi connectivity index (χ1n) is 12.3. The molecule has 0 spiro atoms. The molecule has 184 valence electrons. The van der Waals surface area contributed by atoms with E-state index in [1.165, 1.54) is 14.7 Å². The third kappa shape index (κ3) is 4.33. The first-order valence-corrected chi connectivity index (χ1v) is 12.7. The summed E-state index contributed by atoms with van der Waals surface area (Å²) in [7, 11) is 0. The molecule has 0 radical (unpaired) electrons. The van der Waals surface area contributed by atoms with Crippen LogP contribution >= 0.6 is 11.6 Å². The molecule has 10 heteroatoms. The molecular formula is C25H29ClN6O3. The van der Waals surface area contributed by atoms with E-state index in [2.05, 4.69) is 27.3 Å². The van der Waals surface area contributed by atoms with Crippen molar-refractivity contribution < 1.29 is 4.52 Å². The van der Waals surface area contributed by atoms with Crippen LogP contribution in [0.2, 0.25) is 5.28 Å². The number of aromatic amines is 1. The van der Waals surface area contributed by atoms with E-state index < -0.39 is 5.56 Å². The summed E-state index contributed by atoms with van der Waals surface area (Å²) in [5, 5.41) is 4.45. The third-order valence-corrected chi connectivity index (χ3v) is 7.20. The normalized spacial score (nSPS) is 15.3. The van der Waals surface area contributed by atoms with Gasteiger partial charge in [-0.1, -0.05) is 61.7 Å². The summed E-state index contributed by atoms with van der Waals surface area (Å²) >= 11 is 6.00. The van der Waals surface area contributed by atoms with Gasteiger partial charge in [-0.2, -0.15) is 9.97 Å². The van der Waals surface area contributed by atoms with Crippen LogP contribution in [0, 0.1) is 0 Å². The number of halogens is 1. The maximum Gasteiger partial charge on any atom is 0.332 e. The number of nitrogens with zero attached hydrogens (tertiary/aromatic N) is 5. The molecule has 3 aromatic heterocycles. The molecule has 35 heavy (non-hydrogen) atoms. The average Bonchev–Trinajstić information content (AvgIpc) is 3.62. The lowest BCUT2D eigenvalue weighted by Crippen LogP contribution is -2.40. The van der Waals surface area contributed by atoms with Crippen LogP contribution in [0.25, 0.3) is 11.2 Å². The summed E-state index contributed by atoms with van der Waals surface area (Å²) in [4.78, 5) is 37.8. The number of hydrogen-bond donors (Lipinski definition) is 1. The first-order chi connectivity index (χ1) is 17.0. The predicted octanol–water partition coefficient (Wildman–Crippen LogP) is 4.22. The third-order valence-electron chi connectivity index (χ3n) is 7.02. The van der Waals surface area contributed by atoms with Crippen molar-refractivity contribution in [2.24, 2.45) is 0 Å². The van der Waals surface area contributed by atoms with Gasteiger partial charge in [-0.3, -0.25) is 13.9 Å². The molecule has 3 heterocycles. The van der Waals surface area contributed by atoms with Crippen molar-refractivity contribution in [1.82, 2.24) is 29.2 Å². The molecule has 9 nitrogen and oxygen atoms in total. The molecule has 1 aromatic carbocycles. The van der Waals surface area contributed by atoms with Gasteiger partial charge in [0.05, 0.1) is 5.41 Å². The monoisotopic (exact) mass is 496 g/mol. The van der Waals surface area contributed by atoms with Gasteiger partial charge in [0, 0.05) is 19.5 Å². The number of imidazole rings is 1. The number of rotatable bonds is 9. The van der Waals surface area contributed by atoms with E-state index in [1.807, 2.05) is 25.1 Å². The summed E-state index contributed by atoms with van der Waals surface area (Å²) in [6.45, 7) is 2.75. The number of aromatic nitrogens is 6. The van der Waals surface area contributed by atoms with E-state index in [9.17, 15) is 9.59 Å². The first kappa shape index (κ1) is 23.5. The topological polar surface area (TPSA) is 112 Å². The second-order valence-electron chi connectivity index (χ2n) is 9.24. The van der Waals surface area contributed by atoms with E-state index in [1.54, 1.807) is 0 Å². The Morgan fingerprint density at radius 2 is 1.80 bits per heavy atom. The number of nitrogens with one attached hydrogen (secondary N) is 1. The summed E-state index contributed by atoms with van der Waals surface area (Å²) in [5.41, 5.74) is 0.765. The zero-order valence-corrected chi connectivity index (χ0v) is 20.6. The fourth-order valence-electron chi connectivity index (χ4n) is 5.17. The van der Waals surface area contributed by atoms with Crippen LogP contribution < -0.4 is 11.2 Å². The molecule has 1 aliphatic rings. The molecule has 5 rings (SSSR count). The van der Waals surface area contributed by atoms with Crippen LogP contribution in [0.1, 0.15) is 69.1 Å². The highest BCUT2D eigenvalue weighted by Crippen LogP contribution is 2.45. The van der Waals surface area contributed by atoms with Gasteiger partial charge in [0.1, 0.15) is 0 Å². The van der Waals surface area contributed by atoms with E-state index in [-0.39, 0.29) is 28.4 Å². The Labute approximate surface area is 207 Å². The van der Waals surface area contributed by atoms with Gasteiger partial charge < -0.3 is 9.51 Å². The Kier molecular flexibility index (Phi) is 6.60. The zero-order valence-electron chi connectivity index (χ0n) is 19.8. The van der Waals surface area contributed by atoms with Gasteiger partial charge >= 0.3 is 5.69 Å². The van der Waals surface area contributed by atoms with Crippen molar-refractivity contribution in [3.05, 3.63) is 73.7 Å². The van der Waals surface area contributed by atoms with Gasteiger partial charge in [0.25, 0.3) is 5.56 Å². The van der Waals surface area contributed by atoms with Crippen molar-refractivity contribution >= 4 is 22.8 Å². The van der Waals surface area contributed by atoms with E-state index in [0.29, 0.717) is 30.9 Å². The van der Waals surface area contributed by atoms with Crippen molar-refractivity contribution in [3.8, 4) is 0 Å². The molecule has 0 amide bonds. The fourth-order valence-corrected chi connectivity index (χ4v) is 5.34. The number of aryl methyl sites for hydroxylation is 2. The maximum absolute atomic E-state index is 13.1. The zero-order chi connectivity index (χ0) is 24.4. The van der Waals surface area contributed by atoms with Crippen LogP contribution in [-0.2, 0) is 24.9 Å². The summed E-state index contributed by atoms with van der Waals surface area (Å²) in [5.74, 6) is 1.25. The molecule has 0 unspecified atom stereocenters. The second-order valence-corrected chi connectivity index (χ2v) is 9.60. The van der Waals surface area contributed by atoms with E-state index in [4.69, 9.17) is 21.1 Å². The summed E-state index contributed by atoms with van der Waals surface area (Å²) in [6.07, 6.45) is 6.95. The van der Waals surface area contributed by atoms with Crippen LogP contribution in [0.5, 0.6) is 0 Å². The lowest BCUT2D eigenvalue weighted by atomic mass is 9.78. The van der Waals surface area contributed by atoms with Crippen LogP contribution in [0.3, 0.4) is 0 Å². The highest BCUT2D eigenvalue weighted by Gasteiger charge is 2.41. The molecule has 1 saturated carbocycles. The van der Waals surface area contributed by atoms with Gasteiger partial charge in [-0.05, 0) is 42.8 Å². The van der Waals surface area contributed by atoms with Crippen molar-refractivity contribution in [2.45, 2.75) is 76.8 Å². The predicted molar refractivity (Wildman–Crippen MR) is 133 cm³/mol. The minimum Gasteiger partial charge on any atom is -0.339 e. The quantitative estimate of drug-likeness (QED) is 0.347. The number of hydrogen-bond acceptors (Lipinski definition) is 6.